The molecule has 0 saturated carbocycles. The largest absolute Gasteiger partial charge is 0.493 e. The number of para-hydroxylation sites is 4. The Morgan fingerprint density at radius 2 is 0.977 bits per heavy atom. The number of oxazole rings is 2. The van der Waals surface area contributed by atoms with Crippen LogP contribution in [0.5, 0.6) is 34.5 Å². The van der Waals surface area contributed by atoms with Crippen molar-refractivity contribution in [3.05, 3.63) is 269 Å². The average Bonchev–Trinajstić information content (AvgIpc) is 1.66. The molecule has 0 atom stereocenters. The number of carbonyl (C=O) groups excluding carboxylic acids is 4. The molecule has 656 valence electrons. The lowest BCUT2D eigenvalue weighted by Gasteiger charge is -2.26. The van der Waals surface area contributed by atoms with Crippen LogP contribution in [0.1, 0.15) is 57.0 Å². The average molecular weight is 1790 g/mol. The van der Waals surface area contributed by atoms with Crippen molar-refractivity contribution in [3.8, 4) is 90.5 Å². The highest BCUT2D eigenvalue weighted by Crippen LogP contribution is 2.42. The molecule has 0 bridgehead atoms. The lowest BCUT2D eigenvalue weighted by molar-refractivity contribution is 0.0336. The summed E-state index contributed by atoms with van der Waals surface area (Å²) >= 11 is 4.70. The number of carbonyl (C=O) groups is 4. The molecule has 17 aromatic rings. The molecule has 5 N–H and O–H groups in total. The Morgan fingerprint density at radius 3 is 1.49 bits per heavy atom. The zero-order valence-electron chi connectivity index (χ0n) is 71.9. The fourth-order valence-corrected chi connectivity index (χ4v) is 17.3. The molecule has 19 rings (SSSR count). The molecule has 4 amide bonds. The second kappa shape index (κ2) is 40.7. The number of hydrogen-bond donors (Lipinski definition) is 5. The number of rotatable bonds is 24. The summed E-state index contributed by atoms with van der Waals surface area (Å²) in [6.07, 6.45) is 13.0. The lowest BCUT2D eigenvalue weighted by Crippen LogP contribution is -2.42. The Hall–Kier alpha value is -14.8. The van der Waals surface area contributed by atoms with E-state index in [-0.39, 0.29) is 23.6 Å². The maximum Gasteiger partial charge on any atom is 0.267 e. The van der Waals surface area contributed by atoms with Crippen molar-refractivity contribution in [2.45, 2.75) is 20.0 Å². The molecular weight excluding hydrogens is 1700 g/mol. The number of pyridine rings is 3. The van der Waals surface area contributed by atoms with E-state index in [0.29, 0.717) is 124 Å². The summed E-state index contributed by atoms with van der Waals surface area (Å²) in [6.45, 7) is 11.3. The number of aryl methyl sites for hydroxylation is 1. The first-order valence-electron chi connectivity index (χ1n) is 41.0. The van der Waals surface area contributed by atoms with Crippen LogP contribution >= 0.6 is 34.0 Å². The Morgan fingerprint density at radius 1 is 0.481 bits per heavy atom. The summed E-state index contributed by atoms with van der Waals surface area (Å²) in [5.74, 6) is 2.23. The van der Waals surface area contributed by atoms with Gasteiger partial charge in [0.1, 0.15) is 9.88 Å². The van der Waals surface area contributed by atoms with Gasteiger partial charge < -0.3 is 73.5 Å². The van der Waals surface area contributed by atoms with Gasteiger partial charge in [-0.3, -0.25) is 42.8 Å². The van der Waals surface area contributed by atoms with Crippen molar-refractivity contribution < 1.29 is 61.2 Å². The number of fused-ring (bicyclic) bond motifs is 4. The first-order valence-corrected chi connectivity index (χ1v) is 43.5. The standard InChI is InChI=1S/C26H24N6O2S2.C26H29N5O4S.C22H19N3O5.C21H18N4O2/c1-17-23(36-25(28-17)18-5-4-8-27-13-18)24(33)29-21-7-3-2-6-20(21)22-15-32-19(16-35-26(32)30-22)14-31-9-11-34-12-10-31;1-33-22-12-17(13-23(34-2)24(22)35-3)25(32)28-20-7-5-4-6-19(20)21-16-31-15-18(36-26(31)29-21)14-30-10-8-27-9-11-30;1-27-17-11-13(12-18(28-2)19(17)29-3)21(26)24-15-8-5-4-7-14(15)22-25-20-16(30-22)9-6-10-23-20;1-25(2)15-8-5-7-14(13-15)20(26)23-17-10-4-3-9-16(17)21-24-19-18(27-21)11-6-12-22-19/h2-8,13,15-16H,9-12,14H2,1H3,(H,29,33);4-7,12-13,15-16,27H,8-11,14H2,1-3H3,(H,28,32);4-12H,1-3H3,(H,24,26);3-13H,1-2H3,(H,23,26). The molecule has 34 heteroatoms. The van der Waals surface area contributed by atoms with E-state index in [1.54, 1.807) is 102 Å². The van der Waals surface area contributed by atoms with Crippen LogP contribution in [0.25, 0.3) is 88.4 Å². The molecule has 2 saturated heterocycles. The van der Waals surface area contributed by atoms with E-state index >= 15 is 0 Å². The van der Waals surface area contributed by atoms with E-state index in [4.69, 9.17) is 52.0 Å². The maximum absolute atomic E-state index is 13.3. The van der Waals surface area contributed by atoms with Crippen LogP contribution in [0.15, 0.2) is 240 Å². The number of morpholine rings is 1. The molecule has 0 radical (unpaired) electrons. The summed E-state index contributed by atoms with van der Waals surface area (Å²) in [6, 6.07) is 55.0. The van der Waals surface area contributed by atoms with Crippen LogP contribution in [0.2, 0.25) is 0 Å². The lowest BCUT2D eigenvalue weighted by atomic mass is 10.1. The minimum absolute atomic E-state index is 0.179. The van der Waals surface area contributed by atoms with Crippen molar-refractivity contribution in [3.63, 3.8) is 0 Å². The number of imidazole rings is 2. The molecule has 10 aromatic heterocycles. The molecule has 2 aliphatic rings. The van der Waals surface area contributed by atoms with E-state index in [1.165, 1.54) is 64.6 Å². The monoisotopic (exact) mass is 1790 g/mol. The Balaban J connectivity index is 0.000000127. The molecule has 0 unspecified atom stereocenters. The van der Waals surface area contributed by atoms with Gasteiger partial charge >= 0.3 is 0 Å². The molecule has 7 aromatic carbocycles. The minimum Gasteiger partial charge on any atom is -0.493 e. The zero-order valence-corrected chi connectivity index (χ0v) is 74.3. The first kappa shape index (κ1) is 87.7. The van der Waals surface area contributed by atoms with Gasteiger partial charge in [-0.2, -0.15) is 9.97 Å². The van der Waals surface area contributed by atoms with Crippen LogP contribution in [0, 0.1) is 6.92 Å². The van der Waals surface area contributed by atoms with Crippen LogP contribution < -0.4 is 59.9 Å². The number of thiazole rings is 3. The van der Waals surface area contributed by atoms with E-state index in [9.17, 15) is 19.2 Å². The van der Waals surface area contributed by atoms with Crippen molar-refractivity contribution in [1.29, 1.82) is 0 Å². The van der Waals surface area contributed by atoms with E-state index < -0.39 is 0 Å². The number of piperazine rings is 1. The van der Waals surface area contributed by atoms with Crippen molar-refractivity contribution in [2.24, 2.45) is 0 Å². The summed E-state index contributed by atoms with van der Waals surface area (Å²) in [5.41, 5.74) is 14.5. The van der Waals surface area contributed by atoms with Crippen LogP contribution in [-0.2, 0) is 17.8 Å². The number of anilines is 5. The highest BCUT2D eigenvalue weighted by Gasteiger charge is 2.26. The second-order valence-corrected chi connectivity index (χ2v) is 32.5. The number of amides is 4. The number of ether oxygens (including phenoxy) is 7. The smallest absolute Gasteiger partial charge is 0.267 e. The van der Waals surface area contributed by atoms with E-state index in [2.05, 4.69) is 92.9 Å². The predicted molar refractivity (Wildman–Crippen MR) is 501 cm³/mol. The van der Waals surface area contributed by atoms with Gasteiger partial charge in [0.15, 0.2) is 55.4 Å². The van der Waals surface area contributed by atoms with Gasteiger partial charge in [-0.05, 0) is 122 Å². The Labute approximate surface area is 753 Å². The molecule has 31 nitrogen and oxygen atoms in total. The van der Waals surface area contributed by atoms with E-state index in [0.717, 1.165) is 120 Å². The van der Waals surface area contributed by atoms with Gasteiger partial charge in [-0.15, -0.1) is 22.7 Å². The highest BCUT2D eigenvalue weighted by atomic mass is 32.1. The summed E-state index contributed by atoms with van der Waals surface area (Å²) in [7, 11) is 12.9. The number of benzene rings is 7. The minimum atomic E-state index is -0.351. The number of hydrogen-bond acceptors (Lipinski definition) is 28. The molecule has 2 fully saturated rings. The zero-order chi connectivity index (χ0) is 89.4. The summed E-state index contributed by atoms with van der Waals surface area (Å²) in [5, 5.41) is 18.3. The Kier molecular flexibility index (Phi) is 27.7. The Bertz CT molecular complexity index is 6700. The van der Waals surface area contributed by atoms with Crippen molar-refractivity contribution >= 4 is 118 Å². The molecule has 129 heavy (non-hydrogen) atoms. The van der Waals surface area contributed by atoms with Crippen molar-refractivity contribution in [1.82, 2.24) is 63.8 Å². The number of methoxy groups -OCH3 is 6. The third-order valence-electron chi connectivity index (χ3n) is 21.0. The molecule has 0 aliphatic carbocycles. The fourth-order valence-electron chi connectivity index (χ4n) is 14.5. The van der Waals surface area contributed by atoms with Gasteiger partial charge in [0.05, 0.1) is 107 Å². The van der Waals surface area contributed by atoms with Gasteiger partial charge in [0.25, 0.3) is 23.6 Å². The number of nitrogens with zero attached hydrogens (tertiary/aromatic N) is 13. The molecule has 2 aliphatic heterocycles. The summed E-state index contributed by atoms with van der Waals surface area (Å²) in [4.78, 5) is 98.4. The predicted octanol–water partition coefficient (Wildman–Crippen LogP) is 17.1. The van der Waals surface area contributed by atoms with E-state index in [1.807, 2.05) is 160 Å². The topological polar surface area (TPSA) is 341 Å². The van der Waals surface area contributed by atoms with Gasteiger partial charge in [-0.25, -0.2) is 24.9 Å². The fraction of sp³-hybridized carbons (Fsp3) is 0.200. The van der Waals surface area contributed by atoms with Gasteiger partial charge in [0.2, 0.25) is 23.3 Å². The molecule has 0 spiro atoms. The van der Waals surface area contributed by atoms with Crippen LogP contribution in [0.4, 0.5) is 28.4 Å². The maximum atomic E-state index is 13.3. The van der Waals surface area contributed by atoms with Gasteiger partial charge in [-0.1, -0.05) is 78.1 Å². The molecule has 12 heterocycles. The SMILES string of the molecule is CN(C)c1cccc(C(=O)Nc2ccccc2-c2nc3ncccc3o2)c1.COc1cc(C(=O)Nc2ccccc2-c2cn3cc(CN4CCNCC4)sc3n2)cc(OC)c1OC.COc1cc(C(=O)Nc2ccccc2-c2nc3ncccc3o2)cc(OC)c1OC.Cc1nc(-c2cccnc2)sc1C(=O)Nc1ccccc1-c1cn2c(CN3CCOCC3)csc2n1. The second-order valence-electron chi connectivity index (χ2n) is 29.6. The third-order valence-corrected chi connectivity index (χ3v) is 24.1. The van der Waals surface area contributed by atoms with Crippen LogP contribution in [-0.4, -0.2) is 191 Å². The van der Waals surface area contributed by atoms with Crippen LogP contribution in [0.3, 0.4) is 0 Å². The third kappa shape index (κ3) is 20.4. The first-order chi connectivity index (χ1) is 63.0. The number of nitrogens with one attached hydrogen (secondary N) is 5. The normalized spacial score (nSPS) is 12.7. The number of aromatic nitrogens is 10. The summed E-state index contributed by atoms with van der Waals surface area (Å²) < 4.78 is 53.4. The molecular formula is C95H90N18O13S3. The highest BCUT2D eigenvalue weighted by molar-refractivity contribution is 7.17. The quantitative estimate of drug-likeness (QED) is 0.0375. The van der Waals surface area contributed by atoms with Gasteiger partial charge in [0, 0.05) is 165 Å². The van der Waals surface area contributed by atoms with Crippen molar-refractivity contribution in [2.75, 3.05) is 135 Å².